The van der Waals surface area contributed by atoms with E-state index in [4.69, 9.17) is 0 Å². The van der Waals surface area contributed by atoms with Gasteiger partial charge in [0.2, 0.25) is 0 Å². The van der Waals surface area contributed by atoms with Crippen molar-refractivity contribution in [2.24, 2.45) is 0 Å². The summed E-state index contributed by atoms with van der Waals surface area (Å²) in [6, 6.07) is 7.29. The summed E-state index contributed by atoms with van der Waals surface area (Å²) in [4.78, 5) is 30.1. The summed E-state index contributed by atoms with van der Waals surface area (Å²) >= 11 is 0. The van der Waals surface area contributed by atoms with Crippen molar-refractivity contribution in [3.8, 4) is 0 Å². The molecule has 0 spiro atoms. The molecule has 0 aliphatic rings. The Bertz CT molecular complexity index is 822. The van der Waals surface area contributed by atoms with E-state index < -0.39 is 23.6 Å². The van der Waals surface area contributed by atoms with Gasteiger partial charge >= 0.3 is 6.18 Å². The lowest BCUT2D eigenvalue weighted by Crippen LogP contribution is -2.31. The van der Waals surface area contributed by atoms with E-state index in [0.717, 1.165) is 12.1 Å². The van der Waals surface area contributed by atoms with Crippen molar-refractivity contribution in [3.05, 3.63) is 59.4 Å². The minimum atomic E-state index is -4.61. The van der Waals surface area contributed by atoms with Crippen molar-refractivity contribution in [1.29, 1.82) is 0 Å². The van der Waals surface area contributed by atoms with Crippen LogP contribution in [0.25, 0.3) is 0 Å². The highest BCUT2D eigenvalue weighted by atomic mass is 19.4. The minimum absolute atomic E-state index is 0.160. The second kappa shape index (κ2) is 8.63. The summed E-state index contributed by atoms with van der Waals surface area (Å²) in [6.07, 6.45) is -3.35. The Morgan fingerprint density at radius 3 is 2.48 bits per heavy atom. The molecule has 0 unspecified atom stereocenters. The van der Waals surface area contributed by atoms with Gasteiger partial charge in [-0.2, -0.15) is 13.2 Å². The first-order valence-corrected chi connectivity index (χ1v) is 8.05. The van der Waals surface area contributed by atoms with Crippen molar-refractivity contribution in [1.82, 2.24) is 15.2 Å². The maximum absolute atomic E-state index is 13.0. The minimum Gasteiger partial charge on any atom is -0.351 e. The predicted molar refractivity (Wildman–Crippen MR) is 94.5 cm³/mol. The number of rotatable bonds is 6. The van der Waals surface area contributed by atoms with Gasteiger partial charge in [0.05, 0.1) is 11.3 Å². The van der Waals surface area contributed by atoms with Crippen LogP contribution in [0.15, 0.2) is 42.6 Å². The molecule has 0 aliphatic carbocycles. The second-order valence-corrected chi connectivity index (χ2v) is 5.99. The highest BCUT2D eigenvalue weighted by molar-refractivity contribution is 6.05. The van der Waals surface area contributed by atoms with Crippen LogP contribution >= 0.6 is 0 Å². The Kier molecular flexibility index (Phi) is 6.51. The maximum atomic E-state index is 13.0. The number of para-hydroxylation sites is 1. The Morgan fingerprint density at radius 2 is 1.81 bits per heavy atom. The maximum Gasteiger partial charge on any atom is 0.418 e. The van der Waals surface area contributed by atoms with Gasteiger partial charge in [0.1, 0.15) is 5.69 Å². The van der Waals surface area contributed by atoms with Gasteiger partial charge in [0.25, 0.3) is 11.8 Å². The molecular weight excluding hydrogens is 361 g/mol. The first-order chi connectivity index (χ1) is 12.7. The summed E-state index contributed by atoms with van der Waals surface area (Å²) in [5.41, 5.74) is -1.31. The van der Waals surface area contributed by atoms with E-state index in [1.165, 1.54) is 30.5 Å². The number of amides is 2. The van der Waals surface area contributed by atoms with Gasteiger partial charge in [-0.05, 0) is 38.4 Å². The molecule has 2 amide bonds. The largest absolute Gasteiger partial charge is 0.418 e. The third-order valence-electron chi connectivity index (χ3n) is 3.58. The molecule has 144 valence electrons. The van der Waals surface area contributed by atoms with E-state index >= 15 is 0 Å². The summed E-state index contributed by atoms with van der Waals surface area (Å²) in [5.74, 6) is -1.24. The molecule has 1 heterocycles. The summed E-state index contributed by atoms with van der Waals surface area (Å²) in [7, 11) is 3.72. The quantitative estimate of drug-likeness (QED) is 0.808. The molecule has 9 heteroatoms. The van der Waals surface area contributed by atoms with E-state index in [-0.39, 0.29) is 16.9 Å². The van der Waals surface area contributed by atoms with Crippen LogP contribution < -0.4 is 10.6 Å². The fourth-order valence-electron chi connectivity index (χ4n) is 2.22. The van der Waals surface area contributed by atoms with Crippen LogP contribution in [0, 0.1) is 0 Å². The fourth-order valence-corrected chi connectivity index (χ4v) is 2.22. The number of anilines is 1. The number of halogens is 3. The van der Waals surface area contributed by atoms with Crippen LogP contribution in [-0.2, 0) is 6.18 Å². The van der Waals surface area contributed by atoms with Gasteiger partial charge < -0.3 is 15.5 Å². The zero-order chi connectivity index (χ0) is 20.0. The molecule has 0 radical (unpaired) electrons. The van der Waals surface area contributed by atoms with Gasteiger partial charge in [-0.15, -0.1) is 0 Å². The Balaban J connectivity index is 2.13. The first kappa shape index (κ1) is 20.4. The third kappa shape index (κ3) is 5.78. The van der Waals surface area contributed by atoms with Crippen molar-refractivity contribution < 1.29 is 22.8 Å². The van der Waals surface area contributed by atoms with Crippen molar-refractivity contribution in [2.45, 2.75) is 6.18 Å². The molecule has 1 aromatic heterocycles. The summed E-state index contributed by atoms with van der Waals surface area (Å²) in [6.45, 7) is 1.05. The second-order valence-electron chi connectivity index (χ2n) is 5.99. The van der Waals surface area contributed by atoms with Gasteiger partial charge in [-0.3, -0.25) is 14.6 Å². The average molecular weight is 380 g/mol. The standard InChI is InChI=1S/C18H19F3N4O2/c1-25(2)10-9-23-16(26)12-7-8-22-15(11-12)17(27)24-14-6-4-3-5-13(14)18(19,20)21/h3-8,11H,9-10H2,1-2H3,(H,23,26)(H,24,27). The zero-order valence-corrected chi connectivity index (χ0v) is 14.8. The molecule has 0 bridgehead atoms. The number of pyridine rings is 1. The molecule has 27 heavy (non-hydrogen) atoms. The summed E-state index contributed by atoms with van der Waals surface area (Å²) < 4.78 is 39.1. The van der Waals surface area contributed by atoms with Crippen LogP contribution in [0.1, 0.15) is 26.4 Å². The topological polar surface area (TPSA) is 74.3 Å². The van der Waals surface area contributed by atoms with E-state index in [0.29, 0.717) is 13.1 Å². The number of hydrogen-bond acceptors (Lipinski definition) is 4. The molecule has 6 nitrogen and oxygen atoms in total. The van der Waals surface area contributed by atoms with E-state index in [1.54, 1.807) is 0 Å². The van der Waals surface area contributed by atoms with Crippen LogP contribution in [0.4, 0.5) is 18.9 Å². The number of carbonyl (C=O) groups is 2. The van der Waals surface area contributed by atoms with Crippen LogP contribution in [0.3, 0.4) is 0 Å². The number of nitrogens with one attached hydrogen (secondary N) is 2. The molecule has 0 aliphatic heterocycles. The number of hydrogen-bond donors (Lipinski definition) is 2. The molecule has 2 aromatic rings. The smallest absolute Gasteiger partial charge is 0.351 e. The number of carbonyl (C=O) groups excluding carboxylic acids is 2. The van der Waals surface area contributed by atoms with Gasteiger partial charge in [-0.25, -0.2) is 0 Å². The molecule has 0 fully saturated rings. The van der Waals surface area contributed by atoms with Crippen LogP contribution in [-0.4, -0.2) is 48.9 Å². The SMILES string of the molecule is CN(C)CCNC(=O)c1ccnc(C(=O)Nc2ccccc2C(F)(F)F)c1. The number of nitrogens with zero attached hydrogens (tertiary/aromatic N) is 2. The molecule has 0 atom stereocenters. The molecular formula is C18H19F3N4O2. The van der Waals surface area contributed by atoms with E-state index in [2.05, 4.69) is 15.6 Å². The lowest BCUT2D eigenvalue weighted by molar-refractivity contribution is -0.136. The Labute approximate surface area is 154 Å². The van der Waals surface area contributed by atoms with Gasteiger partial charge in [0.15, 0.2) is 0 Å². The highest BCUT2D eigenvalue weighted by Gasteiger charge is 2.33. The number of likely N-dealkylation sites (N-methyl/N-ethyl adjacent to an activating group) is 1. The highest BCUT2D eigenvalue weighted by Crippen LogP contribution is 2.34. The number of benzene rings is 1. The Hall–Kier alpha value is -2.94. The van der Waals surface area contributed by atoms with Gasteiger partial charge in [0, 0.05) is 24.8 Å². The normalized spacial score (nSPS) is 11.3. The summed E-state index contributed by atoms with van der Waals surface area (Å²) in [5, 5.41) is 4.88. The number of alkyl halides is 3. The number of aromatic nitrogens is 1. The average Bonchev–Trinajstić information content (AvgIpc) is 2.61. The van der Waals surface area contributed by atoms with Crippen LogP contribution in [0.5, 0.6) is 0 Å². The van der Waals surface area contributed by atoms with E-state index in [1.807, 2.05) is 19.0 Å². The molecule has 0 saturated carbocycles. The van der Waals surface area contributed by atoms with Crippen molar-refractivity contribution in [3.63, 3.8) is 0 Å². The predicted octanol–water partition coefficient (Wildman–Crippen LogP) is 2.64. The fraction of sp³-hybridized carbons (Fsp3) is 0.278. The molecule has 2 N–H and O–H groups in total. The Morgan fingerprint density at radius 1 is 1.11 bits per heavy atom. The van der Waals surface area contributed by atoms with Crippen molar-refractivity contribution in [2.75, 3.05) is 32.5 Å². The monoisotopic (exact) mass is 380 g/mol. The molecule has 2 rings (SSSR count). The molecule has 0 saturated heterocycles. The zero-order valence-electron chi connectivity index (χ0n) is 14.8. The lowest BCUT2D eigenvalue weighted by atomic mass is 10.1. The molecule has 1 aromatic carbocycles. The van der Waals surface area contributed by atoms with Crippen molar-refractivity contribution >= 4 is 17.5 Å². The first-order valence-electron chi connectivity index (χ1n) is 8.05. The van der Waals surface area contributed by atoms with E-state index in [9.17, 15) is 22.8 Å². The van der Waals surface area contributed by atoms with Gasteiger partial charge in [-0.1, -0.05) is 12.1 Å². The van der Waals surface area contributed by atoms with Crippen LogP contribution in [0.2, 0.25) is 0 Å². The third-order valence-corrected chi connectivity index (χ3v) is 3.58. The lowest BCUT2D eigenvalue weighted by Gasteiger charge is -2.13.